The molecule has 0 radical (unpaired) electrons. The average Bonchev–Trinajstić information content (AvgIpc) is 3.73. The standard InChI is InChI=1S/C19H18Cl2FNO.C15H13ClFNO/c20-16-4-3-5-17(21)18(16)15-10-13(22)8-12-9-14(24-19(12)15)11-23-6-1-2-7-23;16-10-5-9-6-11(8-18)19-15(9)13(7-10)12-3-1-2-4-14(12)17/h3-5,8,10,14H,1-2,6-7,9,11H2;1-5,7,11H,6,8,18H2. The van der Waals surface area contributed by atoms with Crippen LogP contribution in [0.3, 0.4) is 0 Å². The van der Waals surface area contributed by atoms with E-state index in [0.717, 1.165) is 42.9 Å². The number of hydrogen-bond acceptors (Lipinski definition) is 4. The highest BCUT2D eigenvalue weighted by molar-refractivity contribution is 6.39. The molecule has 0 bridgehead atoms. The largest absolute Gasteiger partial charge is 0.488 e. The molecule has 4 nitrogen and oxygen atoms in total. The Bertz CT molecular complexity index is 1620. The summed E-state index contributed by atoms with van der Waals surface area (Å²) in [5.41, 5.74) is 9.99. The van der Waals surface area contributed by atoms with E-state index >= 15 is 0 Å². The summed E-state index contributed by atoms with van der Waals surface area (Å²) < 4.78 is 40.1. The van der Waals surface area contributed by atoms with Crippen LogP contribution in [-0.2, 0) is 12.8 Å². The average molecular weight is 644 g/mol. The third-order valence-electron chi connectivity index (χ3n) is 8.04. The zero-order valence-corrected chi connectivity index (χ0v) is 25.7. The van der Waals surface area contributed by atoms with Crippen LogP contribution < -0.4 is 15.2 Å². The summed E-state index contributed by atoms with van der Waals surface area (Å²) in [5.74, 6) is 0.845. The van der Waals surface area contributed by atoms with E-state index in [1.807, 2.05) is 6.07 Å². The summed E-state index contributed by atoms with van der Waals surface area (Å²) in [4.78, 5) is 2.41. The van der Waals surface area contributed by atoms with Gasteiger partial charge in [0.2, 0.25) is 0 Å². The number of fused-ring (bicyclic) bond motifs is 2. The molecule has 7 rings (SSSR count). The number of ether oxygens (including phenoxy) is 2. The molecule has 1 fully saturated rings. The van der Waals surface area contributed by atoms with Crippen LogP contribution in [0.2, 0.25) is 15.1 Å². The SMILES string of the molecule is Fc1cc2c(c(-c3c(Cl)cccc3Cl)c1)OC(CN1CCCC1)C2.NCC1Cc2cc(Cl)cc(-c3ccccc3F)c2O1. The Balaban J connectivity index is 0.000000157. The van der Waals surface area contributed by atoms with E-state index in [0.29, 0.717) is 56.0 Å². The fourth-order valence-corrected chi connectivity index (χ4v) is 6.94. The highest BCUT2D eigenvalue weighted by Gasteiger charge is 2.30. The molecule has 0 amide bonds. The van der Waals surface area contributed by atoms with Gasteiger partial charge in [-0.1, -0.05) is 59.1 Å². The topological polar surface area (TPSA) is 47.7 Å². The smallest absolute Gasteiger partial charge is 0.131 e. The van der Waals surface area contributed by atoms with E-state index in [1.54, 1.807) is 48.5 Å². The van der Waals surface area contributed by atoms with Gasteiger partial charge in [0, 0.05) is 58.8 Å². The highest BCUT2D eigenvalue weighted by atomic mass is 35.5. The second kappa shape index (κ2) is 13.0. The van der Waals surface area contributed by atoms with Crippen LogP contribution in [-0.4, -0.2) is 43.3 Å². The maximum atomic E-state index is 14.2. The van der Waals surface area contributed by atoms with Gasteiger partial charge in [0.15, 0.2) is 0 Å². The third-order valence-corrected chi connectivity index (χ3v) is 8.89. The van der Waals surface area contributed by atoms with Crippen LogP contribution in [0.5, 0.6) is 11.5 Å². The van der Waals surface area contributed by atoms with E-state index in [1.165, 1.54) is 25.0 Å². The minimum atomic E-state index is -0.287. The summed E-state index contributed by atoms with van der Waals surface area (Å²) >= 11 is 18.8. The summed E-state index contributed by atoms with van der Waals surface area (Å²) in [6.07, 6.45) is 3.93. The second-order valence-corrected chi connectivity index (χ2v) is 12.3. The Kier molecular flexibility index (Phi) is 9.13. The molecule has 3 aliphatic rings. The van der Waals surface area contributed by atoms with Crippen LogP contribution in [0.25, 0.3) is 22.3 Å². The fraction of sp³-hybridized carbons (Fsp3) is 0.294. The summed E-state index contributed by atoms with van der Waals surface area (Å²) in [7, 11) is 0. The summed E-state index contributed by atoms with van der Waals surface area (Å²) in [6, 6.07) is 18.5. The van der Waals surface area contributed by atoms with Crippen LogP contribution in [0, 0.1) is 11.6 Å². The van der Waals surface area contributed by atoms with Gasteiger partial charge in [-0.15, -0.1) is 0 Å². The van der Waals surface area contributed by atoms with Gasteiger partial charge in [-0.25, -0.2) is 8.78 Å². The first-order chi connectivity index (χ1) is 20.8. The Morgan fingerprint density at radius 3 is 2.12 bits per heavy atom. The van der Waals surface area contributed by atoms with Gasteiger partial charge < -0.3 is 15.2 Å². The Morgan fingerprint density at radius 1 is 0.744 bits per heavy atom. The third kappa shape index (κ3) is 6.50. The zero-order chi connectivity index (χ0) is 30.1. The first-order valence-corrected chi connectivity index (χ1v) is 15.5. The van der Waals surface area contributed by atoms with Crippen molar-refractivity contribution in [1.82, 2.24) is 4.90 Å². The predicted octanol–water partition coefficient (Wildman–Crippen LogP) is 8.61. The second-order valence-electron chi connectivity index (χ2n) is 11.1. The van der Waals surface area contributed by atoms with Crippen molar-refractivity contribution in [3.63, 3.8) is 0 Å². The number of benzene rings is 4. The Labute approximate surface area is 265 Å². The lowest BCUT2D eigenvalue weighted by molar-refractivity contribution is 0.169. The van der Waals surface area contributed by atoms with Crippen molar-refractivity contribution >= 4 is 34.8 Å². The van der Waals surface area contributed by atoms with Crippen LogP contribution >= 0.6 is 34.8 Å². The van der Waals surface area contributed by atoms with Gasteiger partial charge >= 0.3 is 0 Å². The molecule has 0 spiro atoms. The molecule has 1 saturated heterocycles. The molecule has 43 heavy (non-hydrogen) atoms. The van der Waals surface area contributed by atoms with Crippen molar-refractivity contribution in [3.05, 3.63) is 105 Å². The molecule has 0 aromatic heterocycles. The van der Waals surface area contributed by atoms with Crippen molar-refractivity contribution in [2.75, 3.05) is 26.2 Å². The summed E-state index contributed by atoms with van der Waals surface area (Å²) in [6.45, 7) is 3.55. The lowest BCUT2D eigenvalue weighted by atomic mass is 10.00. The number of nitrogens with two attached hydrogens (primary N) is 1. The minimum absolute atomic E-state index is 0.0555. The molecular formula is C34H31Cl3F2N2O2. The molecule has 0 saturated carbocycles. The van der Waals surface area contributed by atoms with E-state index in [-0.39, 0.29) is 23.8 Å². The number of halogens is 5. The molecule has 4 aromatic rings. The molecule has 0 aliphatic carbocycles. The number of rotatable bonds is 5. The molecule has 3 aliphatic heterocycles. The lowest BCUT2D eigenvalue weighted by Gasteiger charge is -2.20. The molecular weight excluding hydrogens is 613 g/mol. The van der Waals surface area contributed by atoms with Gasteiger partial charge in [-0.05, 0) is 74.0 Å². The first kappa shape index (κ1) is 30.2. The monoisotopic (exact) mass is 642 g/mol. The van der Waals surface area contributed by atoms with Crippen molar-refractivity contribution in [2.24, 2.45) is 5.73 Å². The number of likely N-dealkylation sites (tertiary alicyclic amines) is 1. The van der Waals surface area contributed by atoms with Crippen molar-refractivity contribution in [3.8, 4) is 33.8 Å². The van der Waals surface area contributed by atoms with E-state index < -0.39 is 0 Å². The van der Waals surface area contributed by atoms with E-state index in [2.05, 4.69) is 4.90 Å². The highest BCUT2D eigenvalue weighted by Crippen LogP contribution is 2.45. The van der Waals surface area contributed by atoms with Crippen molar-refractivity contribution < 1.29 is 18.3 Å². The lowest BCUT2D eigenvalue weighted by Crippen LogP contribution is -2.32. The summed E-state index contributed by atoms with van der Waals surface area (Å²) in [5, 5.41) is 1.59. The molecule has 3 heterocycles. The van der Waals surface area contributed by atoms with Gasteiger partial charge in [-0.2, -0.15) is 0 Å². The van der Waals surface area contributed by atoms with Gasteiger partial charge in [0.05, 0.1) is 10.0 Å². The first-order valence-electron chi connectivity index (χ1n) is 14.4. The van der Waals surface area contributed by atoms with Crippen LogP contribution in [0.15, 0.2) is 66.7 Å². The normalized spacial score (nSPS) is 18.8. The maximum absolute atomic E-state index is 14.2. The minimum Gasteiger partial charge on any atom is -0.488 e. The van der Waals surface area contributed by atoms with E-state index in [4.69, 9.17) is 50.0 Å². The fourth-order valence-electron chi connectivity index (χ4n) is 6.10. The van der Waals surface area contributed by atoms with Crippen LogP contribution in [0.1, 0.15) is 24.0 Å². The van der Waals surface area contributed by atoms with Crippen LogP contribution in [0.4, 0.5) is 8.78 Å². The molecule has 224 valence electrons. The van der Waals surface area contributed by atoms with Gasteiger partial charge in [-0.3, -0.25) is 4.90 Å². The molecule has 2 unspecified atom stereocenters. The Hall–Kier alpha value is -2.87. The van der Waals surface area contributed by atoms with Crippen molar-refractivity contribution in [2.45, 2.75) is 37.9 Å². The van der Waals surface area contributed by atoms with Crippen molar-refractivity contribution in [1.29, 1.82) is 0 Å². The number of hydrogen-bond donors (Lipinski definition) is 1. The van der Waals surface area contributed by atoms with Gasteiger partial charge in [0.25, 0.3) is 0 Å². The zero-order valence-electron chi connectivity index (χ0n) is 23.4. The van der Waals surface area contributed by atoms with E-state index in [9.17, 15) is 8.78 Å². The Morgan fingerprint density at radius 2 is 1.40 bits per heavy atom. The molecule has 4 aromatic carbocycles. The molecule has 2 atom stereocenters. The molecule has 2 N–H and O–H groups in total. The number of nitrogens with zero attached hydrogens (tertiary/aromatic N) is 1. The van der Waals surface area contributed by atoms with Gasteiger partial charge in [0.1, 0.15) is 35.3 Å². The predicted molar refractivity (Wildman–Crippen MR) is 170 cm³/mol. The molecule has 9 heteroatoms. The maximum Gasteiger partial charge on any atom is 0.131 e. The quantitative estimate of drug-likeness (QED) is 0.237.